The monoisotopic (exact) mass is 507 g/mol. The molecule has 1 heterocycles. The molecule has 0 fully saturated rings. The number of aromatic nitrogens is 2. The Balaban J connectivity index is 1.71. The van der Waals surface area contributed by atoms with Crippen LogP contribution in [0.4, 0.5) is 52.8 Å². The van der Waals surface area contributed by atoms with Crippen LogP contribution in [0.25, 0.3) is 0 Å². The normalized spacial score (nSPS) is 11.6. The lowest BCUT2D eigenvalue weighted by Gasteiger charge is -2.14. The minimum absolute atomic E-state index is 0.0417. The van der Waals surface area contributed by atoms with Crippen LogP contribution in [-0.4, -0.2) is 30.4 Å². The first-order valence-electron chi connectivity index (χ1n) is 9.09. The third-order valence-electron chi connectivity index (χ3n) is 4.13. The predicted molar refractivity (Wildman–Crippen MR) is 112 cm³/mol. The van der Waals surface area contributed by atoms with Crippen molar-refractivity contribution in [1.82, 2.24) is 10.2 Å². The highest BCUT2D eigenvalue weighted by Crippen LogP contribution is 2.38. The number of alkyl halides is 6. The zero-order valence-electron chi connectivity index (χ0n) is 17.3. The number of ether oxygens (including phenoxy) is 2. The number of carbonyl (C=O) groups is 1. The average Bonchev–Trinajstić information content (AvgIpc) is 3.18. The fourth-order valence-electron chi connectivity index (χ4n) is 2.65. The fourth-order valence-corrected chi connectivity index (χ4v) is 3.31. The molecule has 0 atom stereocenters. The topological polar surface area (TPSA) is 97.4 Å². The van der Waals surface area contributed by atoms with Gasteiger partial charge in [-0.2, -0.15) is 26.3 Å². The number of hydrogen-bond acceptors (Lipinski definition) is 7. The molecule has 3 N–H and O–H groups in total. The van der Waals surface area contributed by atoms with Crippen LogP contribution >= 0.6 is 11.3 Å². The Morgan fingerprint density at radius 3 is 1.94 bits per heavy atom. The molecule has 0 aliphatic heterocycles. The lowest BCUT2D eigenvalue weighted by atomic mass is 10.1. The van der Waals surface area contributed by atoms with E-state index in [4.69, 9.17) is 9.47 Å². The maximum Gasteiger partial charge on any atom is 0.416 e. The molecule has 0 radical (unpaired) electrons. The van der Waals surface area contributed by atoms with Gasteiger partial charge in [0.1, 0.15) is 0 Å². The molecule has 34 heavy (non-hydrogen) atoms. The molecule has 15 heteroatoms. The Hall–Kier alpha value is -3.75. The van der Waals surface area contributed by atoms with E-state index in [2.05, 4.69) is 20.8 Å². The molecule has 2 amide bonds. The van der Waals surface area contributed by atoms with Gasteiger partial charge in [0.2, 0.25) is 10.3 Å². The van der Waals surface area contributed by atoms with Crippen molar-refractivity contribution < 1.29 is 40.6 Å². The molecule has 0 unspecified atom stereocenters. The van der Waals surface area contributed by atoms with Gasteiger partial charge < -0.3 is 20.1 Å². The van der Waals surface area contributed by atoms with Crippen molar-refractivity contribution in [2.75, 3.05) is 30.2 Å². The van der Waals surface area contributed by atoms with E-state index < -0.39 is 35.2 Å². The fraction of sp³-hybridized carbons (Fsp3) is 0.211. The Bertz CT molecular complexity index is 1150. The second kappa shape index (κ2) is 9.62. The minimum atomic E-state index is -5.04. The highest BCUT2D eigenvalue weighted by molar-refractivity contribution is 7.19. The average molecular weight is 507 g/mol. The zero-order chi connectivity index (χ0) is 25.1. The van der Waals surface area contributed by atoms with Crippen molar-refractivity contribution in [3.63, 3.8) is 0 Å². The van der Waals surface area contributed by atoms with Gasteiger partial charge in [0.25, 0.3) is 0 Å². The van der Waals surface area contributed by atoms with E-state index in [1.54, 1.807) is 18.2 Å². The number of rotatable bonds is 6. The van der Waals surface area contributed by atoms with Crippen LogP contribution in [0, 0.1) is 0 Å². The number of halogens is 6. The van der Waals surface area contributed by atoms with E-state index in [9.17, 15) is 31.1 Å². The molecule has 8 nitrogen and oxygen atoms in total. The minimum Gasteiger partial charge on any atom is -0.493 e. The van der Waals surface area contributed by atoms with E-state index in [1.807, 2.05) is 5.32 Å². The first-order chi connectivity index (χ1) is 15.9. The van der Waals surface area contributed by atoms with Gasteiger partial charge >= 0.3 is 18.4 Å². The summed E-state index contributed by atoms with van der Waals surface area (Å²) in [5, 5.41) is 14.7. The number of nitrogens with zero attached hydrogens (tertiary/aromatic N) is 2. The first kappa shape index (κ1) is 24.9. The number of nitrogens with one attached hydrogen (secondary N) is 3. The van der Waals surface area contributed by atoms with Crippen molar-refractivity contribution >= 4 is 39.0 Å². The van der Waals surface area contributed by atoms with Gasteiger partial charge in [-0.05, 0) is 30.3 Å². The van der Waals surface area contributed by atoms with Crippen molar-refractivity contribution in [3.8, 4) is 11.5 Å². The number of urea groups is 1. The Labute approximate surface area is 191 Å². The first-order valence-corrected chi connectivity index (χ1v) is 9.90. The summed E-state index contributed by atoms with van der Waals surface area (Å²) >= 11 is 0.867. The van der Waals surface area contributed by atoms with Gasteiger partial charge in [0.05, 0.1) is 25.3 Å². The summed E-state index contributed by atoms with van der Waals surface area (Å²) in [6.07, 6.45) is -10.1. The van der Waals surface area contributed by atoms with Gasteiger partial charge in [0.15, 0.2) is 11.5 Å². The summed E-state index contributed by atoms with van der Waals surface area (Å²) in [6.45, 7) is 0. The van der Waals surface area contributed by atoms with Crippen LogP contribution in [0.1, 0.15) is 11.1 Å². The van der Waals surface area contributed by atoms with Crippen LogP contribution in [0.5, 0.6) is 11.5 Å². The number of carbonyl (C=O) groups excluding carboxylic acids is 1. The third-order valence-corrected chi connectivity index (χ3v) is 4.88. The largest absolute Gasteiger partial charge is 0.493 e. The summed E-state index contributed by atoms with van der Waals surface area (Å²) < 4.78 is 88.1. The highest BCUT2D eigenvalue weighted by Gasteiger charge is 2.37. The van der Waals surface area contributed by atoms with Crippen LogP contribution in [0.3, 0.4) is 0 Å². The van der Waals surface area contributed by atoms with E-state index in [0.29, 0.717) is 29.3 Å². The molecule has 1 aromatic heterocycles. The predicted octanol–water partition coefficient (Wildman–Crippen LogP) is 5.98. The molecule has 0 saturated heterocycles. The molecule has 2 aromatic carbocycles. The van der Waals surface area contributed by atoms with Gasteiger partial charge in [0, 0.05) is 17.4 Å². The summed E-state index contributed by atoms with van der Waals surface area (Å²) in [7, 11) is 2.93. The van der Waals surface area contributed by atoms with Gasteiger partial charge in [-0.25, -0.2) is 4.79 Å². The van der Waals surface area contributed by atoms with Gasteiger partial charge in [-0.1, -0.05) is 11.3 Å². The van der Waals surface area contributed by atoms with Crippen LogP contribution in [-0.2, 0) is 12.4 Å². The molecule has 0 spiro atoms. The number of benzene rings is 2. The molecule has 0 aliphatic carbocycles. The van der Waals surface area contributed by atoms with E-state index >= 15 is 0 Å². The van der Waals surface area contributed by atoms with Crippen LogP contribution in [0.2, 0.25) is 0 Å². The molecular formula is C19H15F6N5O3S. The lowest BCUT2D eigenvalue weighted by Crippen LogP contribution is -2.20. The zero-order valence-corrected chi connectivity index (χ0v) is 18.1. The van der Waals surface area contributed by atoms with Crippen molar-refractivity contribution in [1.29, 1.82) is 0 Å². The molecule has 182 valence electrons. The molecule has 3 rings (SSSR count). The maximum absolute atomic E-state index is 13.0. The molecule has 0 aliphatic rings. The Morgan fingerprint density at radius 2 is 1.38 bits per heavy atom. The SMILES string of the molecule is COc1ccc(Nc2nnc(NC(=O)Nc3cc(C(F)(F)F)cc(C(F)(F)F)c3)s2)cc1OC. The number of anilines is 4. The van der Waals surface area contributed by atoms with Gasteiger partial charge in [-0.15, -0.1) is 10.2 Å². The van der Waals surface area contributed by atoms with Crippen molar-refractivity contribution in [2.24, 2.45) is 0 Å². The summed E-state index contributed by atoms with van der Waals surface area (Å²) in [6, 6.07) is 4.54. The molecular weight excluding hydrogens is 492 g/mol. The smallest absolute Gasteiger partial charge is 0.416 e. The summed E-state index contributed by atoms with van der Waals surface area (Å²) in [5.41, 5.74) is -3.27. The standard InChI is InChI=1S/C19H15F6N5O3S/c1-32-13-4-3-11(8-14(13)33-2)27-16-29-30-17(34-16)28-15(31)26-12-6-9(18(20,21)22)5-10(7-12)19(23,24)25/h3-8H,1-2H3,(H,27,29)(H2,26,28,30,31). The number of amides is 2. The Kier molecular flexibility index (Phi) is 7.04. The maximum atomic E-state index is 13.0. The summed E-state index contributed by atoms with van der Waals surface area (Å²) in [4.78, 5) is 12.1. The molecule has 0 bridgehead atoms. The van der Waals surface area contributed by atoms with Gasteiger partial charge in [-0.3, -0.25) is 5.32 Å². The number of methoxy groups -OCH3 is 2. The van der Waals surface area contributed by atoms with Crippen LogP contribution in [0.15, 0.2) is 36.4 Å². The van der Waals surface area contributed by atoms with E-state index in [0.717, 1.165) is 11.3 Å². The summed E-state index contributed by atoms with van der Waals surface area (Å²) in [5.74, 6) is 0.932. The second-order valence-electron chi connectivity index (χ2n) is 6.48. The second-order valence-corrected chi connectivity index (χ2v) is 7.46. The van der Waals surface area contributed by atoms with Crippen molar-refractivity contribution in [3.05, 3.63) is 47.5 Å². The molecule has 3 aromatic rings. The van der Waals surface area contributed by atoms with E-state index in [1.165, 1.54) is 14.2 Å². The van der Waals surface area contributed by atoms with E-state index in [-0.39, 0.29) is 16.3 Å². The lowest BCUT2D eigenvalue weighted by molar-refractivity contribution is -0.143. The Morgan fingerprint density at radius 1 is 0.794 bits per heavy atom. The highest BCUT2D eigenvalue weighted by atomic mass is 32.1. The van der Waals surface area contributed by atoms with Crippen molar-refractivity contribution in [2.45, 2.75) is 12.4 Å². The third kappa shape index (κ3) is 6.18. The quantitative estimate of drug-likeness (QED) is 0.355. The molecule has 0 saturated carbocycles. The number of hydrogen-bond donors (Lipinski definition) is 3. The van der Waals surface area contributed by atoms with Crippen LogP contribution < -0.4 is 25.4 Å².